The van der Waals surface area contributed by atoms with Crippen molar-refractivity contribution in [3.63, 3.8) is 0 Å². The third-order valence-corrected chi connectivity index (χ3v) is 9.73. The third-order valence-electron chi connectivity index (χ3n) is 6.85. The molecule has 2 atom stereocenters. The number of carbonyl (C=O) groups excluding carboxylic acids is 1. The summed E-state index contributed by atoms with van der Waals surface area (Å²) in [4.78, 5) is 13.3. The molecule has 1 heterocycles. The van der Waals surface area contributed by atoms with E-state index in [1.54, 1.807) is 0 Å². The van der Waals surface area contributed by atoms with Gasteiger partial charge in [-0.05, 0) is 69.7 Å². The van der Waals surface area contributed by atoms with Gasteiger partial charge in [0.15, 0.2) is 14.6 Å². The molecule has 0 spiro atoms. The van der Waals surface area contributed by atoms with Gasteiger partial charge in [-0.2, -0.15) is 26.3 Å². The number of carbonyl (C=O) groups is 1. The lowest BCUT2D eigenvalue weighted by molar-refractivity contribution is -0.143. The molecule has 1 aliphatic heterocycles. The number of rotatable bonds is 7. The first kappa shape index (κ1) is 28.7. The lowest BCUT2D eigenvalue weighted by Crippen LogP contribution is -2.54. The van der Waals surface area contributed by atoms with Gasteiger partial charge in [0.05, 0.1) is 16.4 Å². The zero-order valence-corrected chi connectivity index (χ0v) is 20.7. The maximum Gasteiger partial charge on any atom is 0.416 e. The second-order valence-corrected chi connectivity index (χ2v) is 12.5. The van der Waals surface area contributed by atoms with Crippen LogP contribution < -0.4 is 10.6 Å². The molecule has 204 valence electrons. The molecule has 2 unspecified atom stereocenters. The lowest BCUT2D eigenvalue weighted by Gasteiger charge is -2.31. The molecule has 1 amide bonds. The average molecular weight is 545 g/mol. The molecule has 6 nitrogen and oxygen atoms in total. The Kier molecular flexibility index (Phi) is 8.36. The molecule has 1 saturated heterocycles. The fraction of sp³-hybridized carbons (Fsp3) is 0.696. The minimum atomic E-state index is -5.03. The van der Waals surface area contributed by atoms with Crippen LogP contribution in [-0.2, 0) is 38.3 Å². The van der Waals surface area contributed by atoms with Crippen LogP contribution in [0.25, 0.3) is 0 Å². The molecule has 3 rings (SSSR count). The highest BCUT2D eigenvalue weighted by atomic mass is 32.2. The fourth-order valence-corrected chi connectivity index (χ4v) is 6.93. The van der Waals surface area contributed by atoms with Gasteiger partial charge in [0.2, 0.25) is 5.91 Å². The summed E-state index contributed by atoms with van der Waals surface area (Å²) in [5, 5.41) is 4.80. The molecule has 0 radical (unpaired) electrons. The van der Waals surface area contributed by atoms with Crippen LogP contribution in [0.1, 0.15) is 62.6 Å². The van der Waals surface area contributed by atoms with Crippen molar-refractivity contribution >= 4 is 15.7 Å². The molecule has 1 saturated carbocycles. The van der Waals surface area contributed by atoms with Crippen LogP contribution in [0.5, 0.6) is 0 Å². The zero-order chi connectivity index (χ0) is 26.9. The van der Waals surface area contributed by atoms with Crippen molar-refractivity contribution in [3.05, 3.63) is 34.9 Å². The highest BCUT2D eigenvalue weighted by Crippen LogP contribution is 2.41. The number of amides is 1. The number of hydrogen-bond acceptors (Lipinski definition) is 5. The molecule has 13 heteroatoms. The summed E-state index contributed by atoms with van der Waals surface area (Å²) in [6, 6.07) is 0.861. The molecular weight excluding hydrogens is 514 g/mol. The van der Waals surface area contributed by atoms with Crippen molar-refractivity contribution in [2.45, 2.75) is 86.9 Å². The van der Waals surface area contributed by atoms with E-state index in [1.807, 2.05) is 0 Å². The van der Waals surface area contributed by atoms with Gasteiger partial charge in [-0.1, -0.05) is 0 Å². The highest BCUT2D eigenvalue weighted by molar-refractivity contribution is 7.94. The van der Waals surface area contributed by atoms with Crippen LogP contribution in [-0.4, -0.2) is 49.6 Å². The van der Waals surface area contributed by atoms with Crippen LogP contribution in [0.15, 0.2) is 18.2 Å². The maximum absolute atomic E-state index is 13.3. The van der Waals surface area contributed by atoms with Gasteiger partial charge in [-0.3, -0.25) is 4.79 Å². The van der Waals surface area contributed by atoms with E-state index in [-0.39, 0.29) is 31.0 Å². The molecule has 1 aliphatic carbocycles. The summed E-state index contributed by atoms with van der Waals surface area (Å²) in [6.07, 6.45) is -8.23. The van der Waals surface area contributed by atoms with Crippen molar-refractivity contribution in [2.24, 2.45) is 0 Å². The number of alkyl halides is 6. The summed E-state index contributed by atoms with van der Waals surface area (Å²) < 4.78 is 109. The van der Waals surface area contributed by atoms with E-state index in [4.69, 9.17) is 4.74 Å². The summed E-state index contributed by atoms with van der Waals surface area (Å²) in [6.45, 7) is 3.33. The summed E-state index contributed by atoms with van der Waals surface area (Å²) >= 11 is 0. The third kappa shape index (κ3) is 6.16. The zero-order valence-electron chi connectivity index (χ0n) is 19.9. The molecule has 2 N–H and O–H groups in total. The molecule has 0 bridgehead atoms. The largest absolute Gasteiger partial charge is 0.416 e. The van der Waals surface area contributed by atoms with Crippen molar-refractivity contribution < 1.29 is 44.3 Å². The Labute approximate surface area is 206 Å². The van der Waals surface area contributed by atoms with Gasteiger partial charge in [0.25, 0.3) is 0 Å². The van der Waals surface area contributed by atoms with E-state index in [2.05, 4.69) is 10.6 Å². The van der Waals surface area contributed by atoms with Crippen LogP contribution in [0.3, 0.4) is 0 Å². The minimum absolute atomic E-state index is 0.000422. The average Bonchev–Trinajstić information content (AvgIpc) is 3.22. The van der Waals surface area contributed by atoms with Gasteiger partial charge in [-0.25, -0.2) is 8.42 Å². The number of nitrogens with one attached hydrogen (secondary N) is 2. The monoisotopic (exact) mass is 544 g/mol. The Hall–Kier alpha value is -1.86. The van der Waals surface area contributed by atoms with E-state index in [9.17, 15) is 39.6 Å². The Morgan fingerprint density at radius 2 is 1.56 bits per heavy atom. The first-order chi connectivity index (χ1) is 16.6. The lowest BCUT2D eigenvalue weighted by atomic mass is 10.0. The first-order valence-corrected chi connectivity index (χ1v) is 13.2. The maximum atomic E-state index is 13.3. The Morgan fingerprint density at radius 3 is 2.06 bits per heavy atom. The van der Waals surface area contributed by atoms with Gasteiger partial charge in [0.1, 0.15) is 0 Å². The van der Waals surface area contributed by atoms with E-state index in [0.717, 1.165) is 12.8 Å². The van der Waals surface area contributed by atoms with E-state index in [0.29, 0.717) is 31.8 Å². The van der Waals surface area contributed by atoms with Crippen LogP contribution in [0.4, 0.5) is 26.3 Å². The normalized spacial score (nSPS) is 24.3. The molecular formula is C23H30F6N2O4S. The van der Waals surface area contributed by atoms with E-state index in [1.165, 1.54) is 13.8 Å². The quantitative estimate of drug-likeness (QED) is 0.503. The Balaban J connectivity index is 1.84. The van der Waals surface area contributed by atoms with Crippen molar-refractivity contribution in [3.8, 4) is 0 Å². The molecule has 1 aromatic carbocycles. The number of benzene rings is 1. The van der Waals surface area contributed by atoms with Crippen molar-refractivity contribution in [1.29, 1.82) is 0 Å². The van der Waals surface area contributed by atoms with E-state index >= 15 is 0 Å². The van der Waals surface area contributed by atoms with Crippen LogP contribution in [0, 0.1) is 0 Å². The van der Waals surface area contributed by atoms with E-state index < -0.39 is 61.3 Å². The standard InChI is InChI=1S/C23H30F6N2O4S/c1-14(2)36(33,34)21(6-3-19(12-21)31-18-4-7-35-8-5-18)20(32)30-13-15-9-16(22(24,25)26)11-17(10-15)23(27,28)29/h9-11,14,18-19,31H,3-8,12-13H2,1-2H3,(H,30,32). The number of ether oxygens (including phenoxy) is 1. The van der Waals surface area contributed by atoms with Gasteiger partial charge < -0.3 is 15.4 Å². The Morgan fingerprint density at radius 1 is 1.00 bits per heavy atom. The first-order valence-electron chi connectivity index (χ1n) is 11.7. The molecule has 0 aromatic heterocycles. The van der Waals surface area contributed by atoms with Gasteiger partial charge in [-0.15, -0.1) is 0 Å². The number of sulfone groups is 1. The van der Waals surface area contributed by atoms with Crippen molar-refractivity contribution in [2.75, 3.05) is 13.2 Å². The number of halogens is 6. The number of hydrogen-bond donors (Lipinski definition) is 2. The summed E-state index contributed by atoms with van der Waals surface area (Å²) in [7, 11) is -4.02. The highest BCUT2D eigenvalue weighted by Gasteiger charge is 2.56. The second kappa shape index (κ2) is 10.5. The second-order valence-electron chi connectivity index (χ2n) is 9.68. The fourth-order valence-electron chi connectivity index (χ4n) is 4.86. The van der Waals surface area contributed by atoms with Gasteiger partial charge in [0, 0.05) is 31.8 Å². The Bertz CT molecular complexity index is 1020. The smallest absolute Gasteiger partial charge is 0.381 e. The SMILES string of the molecule is CC(C)S(=O)(=O)C1(C(=O)NCc2cc(C(F)(F)F)cc(C(F)(F)F)c2)CCC(NC2CCOCC2)C1. The minimum Gasteiger partial charge on any atom is -0.381 e. The summed E-state index contributed by atoms with van der Waals surface area (Å²) in [5.41, 5.74) is -3.45. The molecule has 2 fully saturated rings. The predicted molar refractivity (Wildman–Crippen MR) is 120 cm³/mol. The molecule has 1 aromatic rings. The van der Waals surface area contributed by atoms with Crippen LogP contribution >= 0.6 is 0 Å². The topological polar surface area (TPSA) is 84.5 Å². The van der Waals surface area contributed by atoms with Gasteiger partial charge >= 0.3 is 12.4 Å². The summed E-state index contributed by atoms with van der Waals surface area (Å²) in [5.74, 6) is -0.918. The predicted octanol–water partition coefficient (Wildman–Crippen LogP) is 4.22. The molecule has 2 aliphatic rings. The van der Waals surface area contributed by atoms with Crippen molar-refractivity contribution in [1.82, 2.24) is 10.6 Å². The van der Waals surface area contributed by atoms with Crippen LogP contribution in [0.2, 0.25) is 0 Å². The molecule has 36 heavy (non-hydrogen) atoms.